The molecule has 0 saturated carbocycles. The molecular formula is C21H36O2. The molecule has 0 aliphatic carbocycles. The molecule has 0 aromatic rings. The summed E-state index contributed by atoms with van der Waals surface area (Å²) in [4.78, 5) is 10.9. The molecule has 0 unspecified atom stereocenters. The molecule has 0 fully saturated rings. The van der Waals surface area contributed by atoms with E-state index in [2.05, 4.69) is 48.1 Å². The summed E-state index contributed by atoms with van der Waals surface area (Å²) in [7, 11) is 1.44. The van der Waals surface area contributed by atoms with Crippen molar-refractivity contribution in [2.24, 2.45) is 0 Å². The third kappa shape index (κ3) is 18.6. The van der Waals surface area contributed by atoms with E-state index in [-0.39, 0.29) is 5.97 Å². The van der Waals surface area contributed by atoms with Crippen molar-refractivity contribution in [3.05, 3.63) is 36.5 Å². The maximum absolute atomic E-state index is 10.9. The molecule has 0 aliphatic rings. The highest BCUT2D eigenvalue weighted by molar-refractivity contribution is 5.68. The molecule has 23 heavy (non-hydrogen) atoms. The van der Waals surface area contributed by atoms with Crippen molar-refractivity contribution < 1.29 is 9.53 Å². The zero-order valence-corrected chi connectivity index (χ0v) is 15.3. The molecule has 0 radical (unpaired) electrons. The van der Waals surface area contributed by atoms with Gasteiger partial charge in [0.2, 0.25) is 0 Å². The molecule has 2 heteroatoms. The lowest BCUT2D eigenvalue weighted by Gasteiger charge is -1.96. The van der Waals surface area contributed by atoms with E-state index in [1.54, 1.807) is 0 Å². The molecule has 0 saturated heterocycles. The maximum atomic E-state index is 10.9. The van der Waals surface area contributed by atoms with Gasteiger partial charge >= 0.3 is 5.97 Å². The molecule has 0 N–H and O–H groups in total. The van der Waals surface area contributed by atoms with E-state index in [9.17, 15) is 4.79 Å². The smallest absolute Gasteiger partial charge is 0.305 e. The van der Waals surface area contributed by atoms with Crippen LogP contribution in [0.25, 0.3) is 0 Å². The molecule has 0 spiro atoms. The van der Waals surface area contributed by atoms with Crippen LogP contribution in [0.2, 0.25) is 0 Å². The highest BCUT2D eigenvalue weighted by Crippen LogP contribution is 2.05. The fourth-order valence-electron chi connectivity index (χ4n) is 2.25. The van der Waals surface area contributed by atoms with Crippen LogP contribution in [0.4, 0.5) is 0 Å². The van der Waals surface area contributed by atoms with Crippen LogP contribution in [0.3, 0.4) is 0 Å². The van der Waals surface area contributed by atoms with E-state index >= 15 is 0 Å². The summed E-state index contributed by atoms with van der Waals surface area (Å²) in [5.41, 5.74) is 0. The van der Waals surface area contributed by atoms with E-state index in [4.69, 9.17) is 0 Å². The summed E-state index contributed by atoms with van der Waals surface area (Å²) in [5, 5.41) is 0. The van der Waals surface area contributed by atoms with Crippen LogP contribution in [0.15, 0.2) is 36.5 Å². The lowest BCUT2D eigenvalue weighted by molar-refractivity contribution is -0.140. The fourth-order valence-corrected chi connectivity index (χ4v) is 2.25. The largest absolute Gasteiger partial charge is 0.469 e. The van der Waals surface area contributed by atoms with Crippen molar-refractivity contribution in [2.75, 3.05) is 7.11 Å². The second kappa shape index (κ2) is 18.7. The quantitative estimate of drug-likeness (QED) is 0.195. The number of methoxy groups -OCH3 is 1. The number of carbonyl (C=O) groups is 1. The molecular weight excluding hydrogens is 284 g/mol. The fraction of sp³-hybridized carbons (Fsp3) is 0.667. The molecule has 0 rings (SSSR count). The van der Waals surface area contributed by atoms with E-state index in [0.717, 1.165) is 25.7 Å². The van der Waals surface area contributed by atoms with Gasteiger partial charge in [0, 0.05) is 6.42 Å². The SMILES string of the molecule is CCCCCC=CCC=CCCCCC=CCCCC(=O)OC. The van der Waals surface area contributed by atoms with Gasteiger partial charge in [0.05, 0.1) is 7.11 Å². The number of unbranched alkanes of at least 4 members (excludes halogenated alkanes) is 7. The van der Waals surface area contributed by atoms with Crippen molar-refractivity contribution in [1.82, 2.24) is 0 Å². The average Bonchev–Trinajstić information content (AvgIpc) is 2.57. The van der Waals surface area contributed by atoms with Gasteiger partial charge in [-0.15, -0.1) is 0 Å². The Balaban J connectivity index is 3.28. The maximum Gasteiger partial charge on any atom is 0.305 e. The number of hydrogen-bond donors (Lipinski definition) is 0. The molecule has 0 aromatic heterocycles. The number of ether oxygens (including phenoxy) is 1. The summed E-state index contributed by atoms with van der Waals surface area (Å²) in [6.07, 6.45) is 27.1. The zero-order valence-electron chi connectivity index (χ0n) is 15.3. The van der Waals surface area contributed by atoms with Crippen LogP contribution in [0, 0.1) is 0 Å². The van der Waals surface area contributed by atoms with Crippen LogP contribution in [-0.2, 0) is 9.53 Å². The second-order valence-electron chi connectivity index (χ2n) is 5.90. The van der Waals surface area contributed by atoms with Gasteiger partial charge in [-0.3, -0.25) is 4.79 Å². The van der Waals surface area contributed by atoms with Crippen LogP contribution < -0.4 is 0 Å². The first-order valence-electron chi connectivity index (χ1n) is 9.33. The first-order chi connectivity index (χ1) is 11.3. The zero-order chi connectivity index (χ0) is 17.0. The van der Waals surface area contributed by atoms with Crippen LogP contribution in [0.1, 0.15) is 84.0 Å². The van der Waals surface area contributed by atoms with Crippen LogP contribution in [-0.4, -0.2) is 13.1 Å². The number of rotatable bonds is 15. The molecule has 0 heterocycles. The Kier molecular flexibility index (Phi) is 17.7. The lowest BCUT2D eigenvalue weighted by atomic mass is 10.1. The van der Waals surface area contributed by atoms with Gasteiger partial charge in [0.25, 0.3) is 0 Å². The van der Waals surface area contributed by atoms with Gasteiger partial charge in [0.15, 0.2) is 0 Å². The summed E-state index contributed by atoms with van der Waals surface area (Å²) < 4.78 is 4.61. The number of hydrogen-bond acceptors (Lipinski definition) is 2. The molecule has 0 aromatic carbocycles. The summed E-state index contributed by atoms with van der Waals surface area (Å²) in [5.74, 6) is -0.110. The van der Waals surface area contributed by atoms with Crippen molar-refractivity contribution in [1.29, 1.82) is 0 Å². The molecule has 0 atom stereocenters. The minimum Gasteiger partial charge on any atom is -0.469 e. The van der Waals surface area contributed by atoms with E-state index in [1.807, 2.05) is 0 Å². The van der Waals surface area contributed by atoms with Crippen LogP contribution >= 0.6 is 0 Å². The van der Waals surface area contributed by atoms with Crippen molar-refractivity contribution in [3.63, 3.8) is 0 Å². The first-order valence-corrected chi connectivity index (χ1v) is 9.33. The van der Waals surface area contributed by atoms with E-state index in [0.29, 0.717) is 6.42 Å². The van der Waals surface area contributed by atoms with Crippen molar-refractivity contribution >= 4 is 5.97 Å². The normalized spacial score (nSPS) is 11.9. The molecule has 0 aliphatic heterocycles. The Bertz CT molecular complexity index is 340. The summed E-state index contributed by atoms with van der Waals surface area (Å²) in [6, 6.07) is 0. The number of allylic oxidation sites excluding steroid dienone is 6. The average molecular weight is 321 g/mol. The molecule has 132 valence electrons. The Hall–Kier alpha value is -1.31. The van der Waals surface area contributed by atoms with Crippen molar-refractivity contribution in [2.45, 2.75) is 84.0 Å². The Morgan fingerprint density at radius 1 is 0.739 bits per heavy atom. The van der Waals surface area contributed by atoms with E-state index < -0.39 is 0 Å². The summed E-state index contributed by atoms with van der Waals surface area (Å²) in [6.45, 7) is 2.24. The minimum atomic E-state index is -0.110. The molecule has 0 bridgehead atoms. The second-order valence-corrected chi connectivity index (χ2v) is 5.90. The molecule has 0 amide bonds. The minimum absolute atomic E-state index is 0.110. The monoisotopic (exact) mass is 320 g/mol. The van der Waals surface area contributed by atoms with Gasteiger partial charge in [0.1, 0.15) is 0 Å². The van der Waals surface area contributed by atoms with E-state index in [1.165, 1.54) is 52.1 Å². The van der Waals surface area contributed by atoms with Gasteiger partial charge in [-0.25, -0.2) is 0 Å². The highest BCUT2D eigenvalue weighted by atomic mass is 16.5. The van der Waals surface area contributed by atoms with Gasteiger partial charge in [-0.2, -0.15) is 0 Å². The van der Waals surface area contributed by atoms with Crippen molar-refractivity contribution in [3.8, 4) is 0 Å². The summed E-state index contributed by atoms with van der Waals surface area (Å²) >= 11 is 0. The van der Waals surface area contributed by atoms with Gasteiger partial charge < -0.3 is 4.74 Å². The Labute approximate surface area is 143 Å². The predicted octanol–water partition coefficient (Wildman–Crippen LogP) is 6.53. The third-order valence-corrected chi connectivity index (χ3v) is 3.72. The lowest BCUT2D eigenvalue weighted by Crippen LogP contribution is -1.98. The van der Waals surface area contributed by atoms with Gasteiger partial charge in [-0.1, -0.05) is 56.2 Å². The number of carbonyl (C=O) groups excluding carboxylic acids is 1. The Morgan fingerprint density at radius 3 is 1.74 bits per heavy atom. The van der Waals surface area contributed by atoms with Gasteiger partial charge in [-0.05, 0) is 57.8 Å². The highest BCUT2D eigenvalue weighted by Gasteiger charge is 1.96. The first kappa shape index (κ1) is 21.7. The third-order valence-electron chi connectivity index (χ3n) is 3.72. The number of esters is 1. The van der Waals surface area contributed by atoms with Crippen LogP contribution in [0.5, 0.6) is 0 Å². The standard InChI is InChI=1S/C21H36O2/c1-3-4-5-6-7-8-9-10-11-12-13-14-15-16-17-18-19-20-21(22)23-2/h7-8,10-11,16-17H,3-6,9,12-15,18-20H2,1-2H3. The topological polar surface area (TPSA) is 26.3 Å². The Morgan fingerprint density at radius 2 is 1.22 bits per heavy atom. The predicted molar refractivity (Wildman–Crippen MR) is 101 cm³/mol. The molecule has 2 nitrogen and oxygen atoms in total.